The van der Waals surface area contributed by atoms with Gasteiger partial charge < -0.3 is 71.3 Å². The van der Waals surface area contributed by atoms with E-state index in [2.05, 4.69) is 231 Å². The molecular weight excluding hydrogens is 1720 g/mol. The van der Waals surface area contributed by atoms with Gasteiger partial charge in [-0.1, -0.05) is 221 Å². The number of anilines is 3. The summed E-state index contributed by atoms with van der Waals surface area (Å²) in [6, 6.07) is 98.8. The van der Waals surface area contributed by atoms with Crippen molar-refractivity contribution in [2.75, 3.05) is 40.9 Å². The number of pyridine rings is 1. The van der Waals surface area contributed by atoms with Crippen molar-refractivity contribution in [3.8, 4) is 34.3 Å². The van der Waals surface area contributed by atoms with Gasteiger partial charge in [-0.3, -0.25) is 0 Å². The molecule has 7 aliphatic rings. The van der Waals surface area contributed by atoms with Gasteiger partial charge >= 0.3 is 41.5 Å². The summed E-state index contributed by atoms with van der Waals surface area (Å²) >= 11 is 9.76. The molecule has 0 bridgehead atoms. The fraction of sp³-hybridized carbons (Fsp3) is 0.184. The van der Waals surface area contributed by atoms with Crippen LogP contribution in [0.15, 0.2) is 342 Å². The molecule has 12 aromatic carbocycles. The zero-order valence-corrected chi connectivity index (χ0v) is 76.2. The molecule has 0 saturated carbocycles. The first-order valence-corrected chi connectivity index (χ1v) is 47.1. The number of aromatic nitrogens is 8. The van der Waals surface area contributed by atoms with Gasteiger partial charge in [0.25, 0.3) is 0 Å². The highest BCUT2D eigenvalue weighted by Gasteiger charge is 2.33. The lowest BCUT2D eigenvalue weighted by Crippen LogP contribution is -3.00. The van der Waals surface area contributed by atoms with E-state index in [4.69, 9.17) is 21.1 Å². The molecule has 0 aliphatic carbocycles. The van der Waals surface area contributed by atoms with Crippen molar-refractivity contribution in [2.24, 2.45) is 0 Å². The second-order valence-electron chi connectivity index (χ2n) is 33.8. The minimum Gasteiger partial charge on any atom is -1.00 e. The molecule has 0 spiro atoms. The number of hydrogen-bond acceptors (Lipinski definition) is 18. The van der Waals surface area contributed by atoms with Gasteiger partial charge in [-0.05, 0) is 258 Å². The van der Waals surface area contributed by atoms with Crippen LogP contribution >= 0.6 is 35.1 Å². The van der Waals surface area contributed by atoms with Crippen LogP contribution in [0.1, 0.15) is 50.1 Å². The predicted molar refractivity (Wildman–Crippen MR) is 535 cm³/mol. The summed E-state index contributed by atoms with van der Waals surface area (Å²) in [5, 5.41) is 76.2. The van der Waals surface area contributed by atoms with E-state index in [1.165, 1.54) is 69.9 Å². The molecule has 23 rings (SSSR count). The number of halogens is 2. The Labute approximate surface area is 792 Å². The van der Waals surface area contributed by atoms with E-state index >= 15 is 0 Å². The Hall–Kier alpha value is -12.1. The maximum Gasteiger partial charge on any atom is 0.328 e. The third-order valence-corrected chi connectivity index (χ3v) is 27.4. The highest BCUT2D eigenvalue weighted by atomic mass is 35.5. The summed E-state index contributed by atoms with van der Waals surface area (Å²) in [7, 11) is 0. The number of hydrogen-bond donors (Lipinski definition) is 7. The molecule has 29 heteroatoms. The molecule has 0 amide bonds. The molecule has 0 atom stereocenters. The van der Waals surface area contributed by atoms with Crippen LogP contribution in [0.5, 0.6) is 17.2 Å². The van der Waals surface area contributed by atoms with Crippen molar-refractivity contribution in [3.63, 3.8) is 0 Å². The van der Waals surface area contributed by atoms with E-state index in [-0.39, 0.29) is 47.0 Å². The lowest BCUT2D eigenvalue weighted by molar-refractivity contribution is -0.378. The molecule has 658 valence electrons. The van der Waals surface area contributed by atoms with Gasteiger partial charge in [0.05, 0.1) is 5.52 Å². The minimum atomic E-state index is -0.440. The SMILES string of the molecule is OB1CCc2ccc(-n3cc(Sc4ccccc4)c4cc(Cl)ccc43)cc21.OB1CCc2ccc(N(Cc3ccccc3)Cc3ccccc3)cc21.OB1CCc2ccc(N3CCN(c4ncccn4)CC3)cc21.OB1CCc2ccc(Sc3cc[nH+]cc3)cc21.OB1CCc2cccc(OCc3ccccc3)c21.OB1CCc2cccc(Oc3ccc(-c4nn[nH]n4)cc3)c21.[Cl-]. The number of aryl methyl sites for hydroxylation is 6. The highest BCUT2D eigenvalue weighted by molar-refractivity contribution is 7.99. The second kappa shape index (κ2) is 44.0. The summed E-state index contributed by atoms with van der Waals surface area (Å²) < 4.78 is 14.0. The zero-order chi connectivity index (χ0) is 89.4. The zero-order valence-electron chi connectivity index (χ0n) is 73.1. The smallest absolute Gasteiger partial charge is 0.328 e. The lowest BCUT2D eigenvalue weighted by Gasteiger charge is -2.36. The molecule has 0 unspecified atom stereocenters. The lowest BCUT2D eigenvalue weighted by atomic mass is 9.62. The number of fused-ring (bicyclic) bond motifs is 7. The third-order valence-electron chi connectivity index (χ3n) is 25.1. The van der Waals surface area contributed by atoms with Crippen molar-refractivity contribution in [1.29, 1.82) is 0 Å². The van der Waals surface area contributed by atoms with Crippen LogP contribution < -0.4 is 74.3 Å². The van der Waals surface area contributed by atoms with E-state index in [9.17, 15) is 30.1 Å². The first kappa shape index (κ1) is 91.8. The number of H-pyrrole nitrogens is 2. The van der Waals surface area contributed by atoms with Crippen LogP contribution in [0, 0.1) is 0 Å². The number of rotatable bonds is 18. The molecule has 7 aliphatic heterocycles. The molecule has 11 heterocycles. The van der Waals surface area contributed by atoms with Gasteiger partial charge in [0.1, 0.15) is 23.9 Å². The molecule has 1 saturated heterocycles. The normalized spacial score (nSPS) is 14.0. The van der Waals surface area contributed by atoms with E-state index < -0.39 is 6.92 Å². The Balaban J connectivity index is 0.000000111. The minimum absolute atomic E-state index is 0. The molecule has 8 N–H and O–H groups in total. The number of ether oxygens (including phenoxy) is 2. The Kier molecular flexibility index (Phi) is 30.6. The number of aromatic amines is 2. The summed E-state index contributed by atoms with van der Waals surface area (Å²) in [6.07, 6.45) is 20.3. The van der Waals surface area contributed by atoms with Crippen LogP contribution in [-0.2, 0) is 58.2 Å². The van der Waals surface area contributed by atoms with Crippen LogP contribution in [-0.4, -0.2) is 133 Å². The van der Waals surface area contributed by atoms with Crippen LogP contribution in [0.2, 0.25) is 42.9 Å². The van der Waals surface area contributed by atoms with Gasteiger partial charge in [-0.15, -0.1) is 10.2 Å². The Morgan fingerprint density at radius 3 is 1.52 bits per heavy atom. The van der Waals surface area contributed by atoms with Gasteiger partial charge in [-0.2, -0.15) is 5.21 Å². The van der Waals surface area contributed by atoms with Crippen molar-refractivity contribution in [3.05, 3.63) is 377 Å². The van der Waals surface area contributed by atoms with Crippen LogP contribution in [0.4, 0.5) is 17.3 Å². The number of nitrogens with zero attached hydrogens (tertiary/aromatic N) is 9. The van der Waals surface area contributed by atoms with Crippen molar-refractivity contribution in [2.45, 2.75) is 116 Å². The molecule has 4 aromatic heterocycles. The van der Waals surface area contributed by atoms with Crippen LogP contribution in [0.25, 0.3) is 28.0 Å². The second-order valence-corrected chi connectivity index (χ2v) is 36.5. The fourth-order valence-corrected chi connectivity index (χ4v) is 20.3. The van der Waals surface area contributed by atoms with E-state index in [0.29, 0.717) is 18.2 Å². The van der Waals surface area contributed by atoms with Gasteiger partial charge in [0.2, 0.25) is 11.8 Å². The molecular formula is C103H99B6Cl2N11O8S2. The topological polar surface area (TPSA) is 249 Å². The van der Waals surface area contributed by atoms with Crippen LogP contribution in [0.3, 0.4) is 0 Å². The molecule has 16 aromatic rings. The molecule has 19 nitrogen and oxygen atoms in total. The number of benzene rings is 12. The number of piperazine rings is 1. The summed E-state index contributed by atoms with van der Waals surface area (Å²) in [6.45, 7) is 3.97. The first-order chi connectivity index (χ1) is 64.3. The Morgan fingerprint density at radius 2 is 0.932 bits per heavy atom. The fourth-order valence-electron chi connectivity index (χ4n) is 18.3. The van der Waals surface area contributed by atoms with Gasteiger partial charge in [-0.25, -0.2) is 15.0 Å². The maximum absolute atomic E-state index is 10.3. The predicted octanol–water partition coefficient (Wildman–Crippen LogP) is 11.2. The Bertz CT molecular complexity index is 6470. The number of nitrogens with one attached hydrogen (secondary N) is 2. The maximum atomic E-state index is 10.3. The van der Waals surface area contributed by atoms with Crippen molar-refractivity contribution >= 4 is 138 Å². The largest absolute Gasteiger partial charge is 1.00 e. The van der Waals surface area contributed by atoms with E-state index in [1.807, 2.05) is 134 Å². The monoisotopic (exact) mass is 1820 g/mol. The highest BCUT2D eigenvalue weighted by Crippen LogP contribution is 2.39. The molecule has 132 heavy (non-hydrogen) atoms. The average molecular weight is 1820 g/mol. The molecule has 1 fully saturated rings. The van der Waals surface area contributed by atoms with Crippen molar-refractivity contribution < 1.29 is 57.0 Å². The van der Waals surface area contributed by atoms with E-state index in [0.717, 1.165) is 204 Å². The Morgan fingerprint density at radius 1 is 0.432 bits per heavy atom. The summed E-state index contributed by atoms with van der Waals surface area (Å²) in [5.41, 5.74) is 22.9. The summed E-state index contributed by atoms with van der Waals surface area (Å²) in [4.78, 5) is 23.4. The quantitative estimate of drug-likeness (QED) is 0.0395. The van der Waals surface area contributed by atoms with Gasteiger partial charge in [0.15, 0.2) is 12.4 Å². The third kappa shape index (κ3) is 22.6. The van der Waals surface area contributed by atoms with Gasteiger partial charge in [0, 0.05) is 123 Å². The van der Waals surface area contributed by atoms with Crippen molar-refractivity contribution in [1.82, 2.24) is 35.2 Å². The molecule has 0 radical (unpaired) electrons. The standard InChI is InChI=1S/C22H17BClNOS.C22H22BNO.C16H19BN4O.C15H13BN4O2.C15H15BO2.C13H12BNOS.ClH/c24-16-7-9-21-19(12-16)22(27-18-4-2-1-3-5-18)14-25(21)17-8-6-15-10-11-23(26)20(15)13-17;25-23-14-13-20-11-12-21(15-22(20)23)24(16-18-7-3-1-4-8-18)17-19-9-5-2-6-10-19;22-17-5-4-13-2-3-14(12-15(13)17)20-8-10-21(11-9-20)16-18-6-1-7-19-16;21-16-9-8-10-2-1-3-13(14(10)16)22-12-6-4-11(5-7-12)15-17-19-20-18-15;17-16-10-9-13-7-4-8-14(15(13)16)18-11-12-5-2-1-3-6-12;16-14-6-3-10-1-2-12(9-13(10)14)17-11-4-7-15-8-5-11;/h1-9,12-14,26H,10-11H2;1-12,15,25H,13-14,16-17H2;1-3,6-7,12,22H,4-5,8-11H2;1-7,21H,8-9H2,(H,17,18,19,20);1-8,17H,9-11H2;1-2,4-5,7-9,16H,3,6H2;1H. The average Bonchev–Trinajstić information content (AvgIpc) is 1.62. The van der Waals surface area contributed by atoms with E-state index in [1.54, 1.807) is 35.9 Å². The summed E-state index contributed by atoms with van der Waals surface area (Å²) in [5.74, 6) is 3.60. The number of tetrazole rings is 1. The first-order valence-electron chi connectivity index (χ1n) is 45.1.